The molecule has 0 amide bonds. The van der Waals surface area contributed by atoms with Crippen molar-refractivity contribution in [2.45, 2.75) is 25.0 Å². The molecule has 4 heterocycles. The minimum Gasteiger partial charge on any atom is -0.377 e. The zero-order valence-corrected chi connectivity index (χ0v) is 16.7. The van der Waals surface area contributed by atoms with E-state index in [9.17, 15) is 0 Å². The molecule has 1 aromatic carbocycles. The maximum absolute atomic E-state index is 15.9. The van der Waals surface area contributed by atoms with Gasteiger partial charge in [0.15, 0.2) is 5.65 Å². The summed E-state index contributed by atoms with van der Waals surface area (Å²) >= 11 is 0. The highest BCUT2D eigenvalue weighted by molar-refractivity contribution is 7.18. The molecule has 5 rings (SSSR count). The molecule has 144 valence electrons. The Hall–Kier alpha value is -2.37. The van der Waals surface area contributed by atoms with E-state index < -0.39 is 5.53 Å². The molecule has 8 heteroatoms. The highest BCUT2D eigenvalue weighted by Gasteiger charge is 2.43. The Morgan fingerprint density at radius 3 is 2.79 bits per heavy atom. The molecule has 0 N–H and O–H groups in total. The molecule has 0 saturated carbocycles. The van der Waals surface area contributed by atoms with Crippen LogP contribution in [0.3, 0.4) is 0 Å². The Kier molecular flexibility index (Phi) is 4.18. The number of likely N-dealkylation sites (N-methyl/N-ethyl adjacent to an activating group) is 1. The number of aromatic nitrogens is 3. The van der Waals surface area contributed by atoms with E-state index in [-0.39, 0.29) is 6.04 Å². The largest absolute Gasteiger partial charge is 0.377 e. The first-order valence-electron chi connectivity index (χ1n) is 9.40. The Morgan fingerprint density at radius 2 is 2.07 bits per heavy atom. The summed E-state index contributed by atoms with van der Waals surface area (Å²) in [5, 5.41) is 0.740. The Bertz CT molecular complexity index is 1040. The van der Waals surface area contributed by atoms with E-state index in [2.05, 4.69) is 31.0 Å². The van der Waals surface area contributed by atoms with E-state index in [0.29, 0.717) is 42.7 Å². The van der Waals surface area contributed by atoms with Crippen LogP contribution in [0.15, 0.2) is 42.6 Å². The summed E-state index contributed by atoms with van der Waals surface area (Å²) in [7, 11) is 2.36. The van der Waals surface area contributed by atoms with Crippen LogP contribution >= 0.6 is 9.24 Å². The second-order valence-corrected chi connectivity index (χ2v) is 7.88. The summed E-state index contributed by atoms with van der Waals surface area (Å²) in [5.74, 6) is 1.12. The molecule has 2 aliphatic heterocycles. The third kappa shape index (κ3) is 2.65. The molecule has 0 radical (unpaired) electrons. The number of hydrogen-bond acceptors (Lipinski definition) is 6. The molecule has 6 nitrogen and oxygen atoms in total. The first kappa shape index (κ1) is 17.7. The highest BCUT2D eigenvalue weighted by atomic mass is 31.0. The van der Waals surface area contributed by atoms with Crippen LogP contribution in [0.25, 0.3) is 11.0 Å². The van der Waals surface area contributed by atoms with Crippen LogP contribution in [0.4, 0.5) is 16.2 Å². The van der Waals surface area contributed by atoms with E-state index in [1.54, 1.807) is 11.1 Å². The molecule has 2 unspecified atom stereocenters. The third-order valence-corrected chi connectivity index (χ3v) is 6.09. The van der Waals surface area contributed by atoms with Gasteiger partial charge in [-0.3, -0.25) is 0 Å². The molecule has 1 fully saturated rings. The summed E-state index contributed by atoms with van der Waals surface area (Å²) in [6.45, 7) is 4.55. The molecule has 2 atom stereocenters. The monoisotopic (exact) mass is 397 g/mol. The number of nitrogens with zero attached hydrogens (tertiary/aromatic N) is 5. The number of pyridine rings is 1. The normalized spacial score (nSPS) is 21.6. The Balaban J connectivity index is 1.67. The molecule has 2 aromatic heterocycles. The molecule has 28 heavy (non-hydrogen) atoms. The topological polar surface area (TPSA) is 54.4 Å². The average molecular weight is 397 g/mol. The van der Waals surface area contributed by atoms with Crippen molar-refractivity contribution in [3.63, 3.8) is 0 Å². The van der Waals surface area contributed by atoms with Crippen molar-refractivity contribution in [2.75, 3.05) is 29.6 Å². The number of fused-ring (bicyclic) bond motifs is 2. The van der Waals surface area contributed by atoms with Gasteiger partial charge >= 0.3 is 0 Å². The van der Waals surface area contributed by atoms with E-state index in [1.165, 1.54) is 0 Å². The maximum Gasteiger partial charge on any atom is 0.229 e. The van der Waals surface area contributed by atoms with Crippen molar-refractivity contribution < 1.29 is 9.13 Å². The molecular weight excluding hydrogens is 376 g/mol. The SMILES string of the molecule is CCN(c1nc(N2Cc3ccccc3C2(F)P)c2cccnc2n1)C1COC1. The van der Waals surface area contributed by atoms with Gasteiger partial charge in [-0.1, -0.05) is 33.5 Å². The number of anilines is 2. The Morgan fingerprint density at radius 1 is 1.25 bits per heavy atom. The van der Waals surface area contributed by atoms with Crippen molar-refractivity contribution in [1.82, 2.24) is 15.0 Å². The fourth-order valence-corrected chi connectivity index (χ4v) is 4.39. The van der Waals surface area contributed by atoms with Gasteiger partial charge in [0.1, 0.15) is 5.82 Å². The fraction of sp³-hybridized carbons (Fsp3) is 0.350. The van der Waals surface area contributed by atoms with E-state index in [1.807, 2.05) is 36.4 Å². The fourth-order valence-electron chi connectivity index (χ4n) is 3.90. The van der Waals surface area contributed by atoms with Gasteiger partial charge in [0.25, 0.3) is 0 Å². The van der Waals surface area contributed by atoms with Gasteiger partial charge in [0.2, 0.25) is 11.5 Å². The van der Waals surface area contributed by atoms with Gasteiger partial charge in [-0.15, -0.1) is 0 Å². The molecule has 1 saturated heterocycles. The smallest absolute Gasteiger partial charge is 0.229 e. The molecule has 0 spiro atoms. The number of halogens is 1. The lowest BCUT2D eigenvalue weighted by Gasteiger charge is -2.37. The van der Waals surface area contributed by atoms with Gasteiger partial charge < -0.3 is 14.5 Å². The van der Waals surface area contributed by atoms with Crippen LogP contribution < -0.4 is 9.80 Å². The van der Waals surface area contributed by atoms with Crippen molar-refractivity contribution in [3.8, 4) is 0 Å². The predicted molar refractivity (Wildman–Crippen MR) is 110 cm³/mol. The predicted octanol–water partition coefficient (Wildman–Crippen LogP) is 3.23. The molecular formula is C20H21FN5OP. The molecule has 0 aliphatic carbocycles. The van der Waals surface area contributed by atoms with Crippen LogP contribution in [0, 0.1) is 0 Å². The Labute approximate surface area is 165 Å². The van der Waals surface area contributed by atoms with Gasteiger partial charge in [0.05, 0.1) is 24.6 Å². The summed E-state index contributed by atoms with van der Waals surface area (Å²) in [6.07, 6.45) is 1.70. The van der Waals surface area contributed by atoms with Gasteiger partial charge in [-0.25, -0.2) is 9.37 Å². The van der Waals surface area contributed by atoms with Gasteiger partial charge in [-0.2, -0.15) is 9.97 Å². The quantitative estimate of drug-likeness (QED) is 0.498. The van der Waals surface area contributed by atoms with Crippen LogP contribution in [0.2, 0.25) is 0 Å². The molecule has 2 aliphatic rings. The van der Waals surface area contributed by atoms with Crippen molar-refractivity contribution in [2.24, 2.45) is 0 Å². The van der Waals surface area contributed by atoms with Crippen LogP contribution in [-0.2, 0) is 16.8 Å². The lowest BCUT2D eigenvalue weighted by Crippen LogP contribution is -2.50. The van der Waals surface area contributed by atoms with Crippen LogP contribution in [0.5, 0.6) is 0 Å². The van der Waals surface area contributed by atoms with E-state index in [0.717, 1.165) is 17.5 Å². The number of benzene rings is 1. The number of ether oxygens (including phenoxy) is 1. The van der Waals surface area contributed by atoms with Gasteiger partial charge in [-0.05, 0) is 24.6 Å². The van der Waals surface area contributed by atoms with Crippen LogP contribution in [0.1, 0.15) is 18.1 Å². The third-order valence-electron chi connectivity index (χ3n) is 5.47. The first-order valence-corrected chi connectivity index (χ1v) is 9.98. The van der Waals surface area contributed by atoms with Crippen molar-refractivity contribution in [3.05, 3.63) is 53.7 Å². The van der Waals surface area contributed by atoms with Gasteiger partial charge in [0, 0.05) is 24.8 Å². The van der Waals surface area contributed by atoms with E-state index >= 15 is 4.39 Å². The summed E-state index contributed by atoms with van der Waals surface area (Å²) < 4.78 is 21.3. The lowest BCUT2D eigenvalue weighted by atomic mass is 10.1. The first-order chi connectivity index (χ1) is 13.6. The van der Waals surface area contributed by atoms with Crippen molar-refractivity contribution >= 4 is 32.0 Å². The zero-order chi connectivity index (χ0) is 19.3. The summed E-state index contributed by atoms with van der Waals surface area (Å²) in [6, 6.07) is 11.5. The maximum atomic E-state index is 15.9. The second-order valence-electron chi connectivity index (χ2n) is 7.12. The molecule has 0 bridgehead atoms. The minimum absolute atomic E-state index is 0.237. The second kappa shape index (κ2) is 6.61. The summed E-state index contributed by atoms with van der Waals surface area (Å²) in [5.41, 5.74) is 0.438. The average Bonchev–Trinajstić information content (AvgIpc) is 2.94. The zero-order valence-electron chi connectivity index (χ0n) is 15.5. The number of alkyl halides is 1. The molecule has 3 aromatic rings. The number of rotatable bonds is 4. The lowest BCUT2D eigenvalue weighted by molar-refractivity contribution is 0.00793. The standard InChI is InChI=1S/C20H21FN5OP/c1-2-25(14-11-27-12-14)19-23-17-15(7-5-9-22-17)18(24-19)26-10-13-6-3-4-8-16(13)20(26,21)28/h3-9,14H,2,10-12,28H2,1H3. The highest BCUT2D eigenvalue weighted by Crippen LogP contribution is 2.48. The minimum atomic E-state index is -1.73. The van der Waals surface area contributed by atoms with Crippen LogP contribution in [-0.4, -0.2) is 40.8 Å². The summed E-state index contributed by atoms with van der Waals surface area (Å²) in [4.78, 5) is 17.7. The van der Waals surface area contributed by atoms with E-state index in [4.69, 9.17) is 9.72 Å². The number of hydrogen-bond donors (Lipinski definition) is 0. The van der Waals surface area contributed by atoms with Crippen molar-refractivity contribution in [1.29, 1.82) is 0 Å².